The van der Waals surface area contributed by atoms with Crippen LogP contribution in [0.2, 0.25) is 0 Å². The molecule has 0 spiro atoms. The molecule has 0 atom stereocenters. The predicted molar refractivity (Wildman–Crippen MR) is 82.5 cm³/mol. The molecule has 0 unspecified atom stereocenters. The molecular weight excluding hydrogens is 266 g/mol. The Hall–Kier alpha value is -2.36. The fourth-order valence-corrected chi connectivity index (χ4v) is 2.39. The Morgan fingerprint density at radius 3 is 2.81 bits per heavy atom. The van der Waals surface area contributed by atoms with E-state index in [1.165, 1.54) is 5.56 Å². The molecule has 1 aliphatic rings. The van der Waals surface area contributed by atoms with Crippen LogP contribution in [0.25, 0.3) is 0 Å². The third-order valence-corrected chi connectivity index (χ3v) is 3.40. The van der Waals surface area contributed by atoms with Crippen molar-refractivity contribution in [3.63, 3.8) is 0 Å². The average molecular weight is 285 g/mol. The van der Waals surface area contributed by atoms with Gasteiger partial charge in [-0.3, -0.25) is 0 Å². The minimum absolute atomic E-state index is 0.560. The standard InChI is InChI=1S/C17H19NO3/c1-12-4-3-5-14(8-12)18-11-13-9-15(19-2)17-16(10-13)20-6-7-21-17/h3-5,8-10,18H,6-7,11H2,1-2H3. The molecule has 0 bridgehead atoms. The number of fused-ring (bicyclic) bond motifs is 1. The molecular formula is C17H19NO3. The van der Waals surface area contributed by atoms with Gasteiger partial charge in [0, 0.05) is 12.2 Å². The summed E-state index contributed by atoms with van der Waals surface area (Å²) < 4.78 is 16.6. The molecule has 1 heterocycles. The number of hydrogen-bond donors (Lipinski definition) is 1. The van der Waals surface area contributed by atoms with Gasteiger partial charge in [0.2, 0.25) is 5.75 Å². The van der Waals surface area contributed by atoms with E-state index < -0.39 is 0 Å². The van der Waals surface area contributed by atoms with Gasteiger partial charge in [0.15, 0.2) is 11.5 Å². The lowest BCUT2D eigenvalue weighted by Crippen LogP contribution is -2.16. The van der Waals surface area contributed by atoms with Crippen LogP contribution in [-0.2, 0) is 6.54 Å². The Kier molecular flexibility index (Phi) is 3.86. The van der Waals surface area contributed by atoms with Crippen LogP contribution in [0.5, 0.6) is 17.2 Å². The highest BCUT2D eigenvalue weighted by atomic mass is 16.6. The molecule has 0 fully saturated rings. The van der Waals surface area contributed by atoms with Gasteiger partial charge in [0.1, 0.15) is 13.2 Å². The molecule has 0 saturated heterocycles. The lowest BCUT2D eigenvalue weighted by Gasteiger charge is -2.21. The minimum Gasteiger partial charge on any atom is -0.493 e. The molecule has 2 aromatic carbocycles. The second-order valence-corrected chi connectivity index (χ2v) is 5.05. The first kappa shape index (κ1) is 13.6. The van der Waals surface area contributed by atoms with Gasteiger partial charge >= 0.3 is 0 Å². The highest BCUT2D eigenvalue weighted by Gasteiger charge is 2.18. The number of anilines is 1. The molecule has 110 valence electrons. The van der Waals surface area contributed by atoms with Crippen LogP contribution in [-0.4, -0.2) is 20.3 Å². The Bertz CT molecular complexity index is 623. The van der Waals surface area contributed by atoms with E-state index in [1.807, 2.05) is 18.2 Å². The van der Waals surface area contributed by atoms with Crippen molar-refractivity contribution in [1.82, 2.24) is 0 Å². The van der Waals surface area contributed by atoms with Crippen molar-refractivity contribution >= 4 is 5.69 Å². The molecule has 1 N–H and O–H groups in total. The summed E-state index contributed by atoms with van der Waals surface area (Å²) in [5.74, 6) is 2.16. The van der Waals surface area contributed by atoms with E-state index in [9.17, 15) is 0 Å². The molecule has 1 aliphatic heterocycles. The van der Waals surface area contributed by atoms with Crippen molar-refractivity contribution in [2.75, 3.05) is 25.6 Å². The lowest BCUT2D eigenvalue weighted by molar-refractivity contribution is 0.165. The molecule has 0 radical (unpaired) electrons. The van der Waals surface area contributed by atoms with Crippen molar-refractivity contribution in [3.8, 4) is 17.2 Å². The first-order chi connectivity index (χ1) is 10.3. The topological polar surface area (TPSA) is 39.7 Å². The number of rotatable bonds is 4. The van der Waals surface area contributed by atoms with Crippen LogP contribution in [0.15, 0.2) is 36.4 Å². The van der Waals surface area contributed by atoms with E-state index in [0.717, 1.165) is 17.0 Å². The summed E-state index contributed by atoms with van der Waals surface area (Å²) in [7, 11) is 1.64. The van der Waals surface area contributed by atoms with Gasteiger partial charge in [-0.25, -0.2) is 0 Å². The molecule has 0 aliphatic carbocycles. The quantitative estimate of drug-likeness (QED) is 0.934. The van der Waals surface area contributed by atoms with Gasteiger partial charge in [-0.05, 0) is 42.3 Å². The average Bonchev–Trinajstić information content (AvgIpc) is 2.52. The van der Waals surface area contributed by atoms with Crippen LogP contribution < -0.4 is 19.5 Å². The fraction of sp³-hybridized carbons (Fsp3) is 0.294. The number of methoxy groups -OCH3 is 1. The number of nitrogens with one attached hydrogen (secondary N) is 1. The molecule has 2 aromatic rings. The highest BCUT2D eigenvalue weighted by Crippen LogP contribution is 2.40. The first-order valence-electron chi connectivity index (χ1n) is 7.03. The number of ether oxygens (including phenoxy) is 3. The summed E-state index contributed by atoms with van der Waals surface area (Å²) in [6.45, 7) is 3.92. The number of benzene rings is 2. The molecule has 3 rings (SSSR count). The Morgan fingerprint density at radius 2 is 2.00 bits per heavy atom. The monoisotopic (exact) mass is 285 g/mol. The van der Waals surface area contributed by atoms with E-state index in [4.69, 9.17) is 14.2 Å². The van der Waals surface area contributed by atoms with Gasteiger partial charge in [-0.2, -0.15) is 0 Å². The third kappa shape index (κ3) is 3.05. The molecule has 21 heavy (non-hydrogen) atoms. The summed E-state index contributed by atoms with van der Waals surface area (Å²) in [4.78, 5) is 0. The van der Waals surface area contributed by atoms with Crippen molar-refractivity contribution in [3.05, 3.63) is 47.5 Å². The van der Waals surface area contributed by atoms with Crippen LogP contribution in [0, 0.1) is 6.92 Å². The molecule has 0 saturated carbocycles. The summed E-state index contributed by atoms with van der Waals surface area (Å²) in [5.41, 5.74) is 3.43. The molecule has 0 aromatic heterocycles. The SMILES string of the molecule is COc1cc(CNc2cccc(C)c2)cc2c1OCCO2. The summed E-state index contributed by atoms with van der Waals surface area (Å²) in [6.07, 6.45) is 0. The number of aryl methyl sites for hydroxylation is 1. The maximum absolute atomic E-state index is 5.64. The Balaban J connectivity index is 1.79. The van der Waals surface area contributed by atoms with Crippen molar-refractivity contribution in [2.24, 2.45) is 0 Å². The molecule has 4 heteroatoms. The predicted octanol–water partition coefficient (Wildman–Crippen LogP) is 3.39. The maximum Gasteiger partial charge on any atom is 0.203 e. The zero-order valence-electron chi connectivity index (χ0n) is 12.3. The Labute approximate surface area is 124 Å². The van der Waals surface area contributed by atoms with E-state index in [0.29, 0.717) is 31.3 Å². The van der Waals surface area contributed by atoms with Crippen molar-refractivity contribution < 1.29 is 14.2 Å². The second-order valence-electron chi connectivity index (χ2n) is 5.05. The lowest BCUT2D eigenvalue weighted by atomic mass is 10.1. The zero-order chi connectivity index (χ0) is 14.7. The van der Waals surface area contributed by atoms with E-state index >= 15 is 0 Å². The normalized spacial score (nSPS) is 12.9. The van der Waals surface area contributed by atoms with Crippen LogP contribution in [0.1, 0.15) is 11.1 Å². The summed E-state index contributed by atoms with van der Waals surface area (Å²) in [6, 6.07) is 12.3. The minimum atomic E-state index is 0.560. The van der Waals surface area contributed by atoms with E-state index in [1.54, 1.807) is 7.11 Å². The van der Waals surface area contributed by atoms with Crippen molar-refractivity contribution in [2.45, 2.75) is 13.5 Å². The van der Waals surface area contributed by atoms with Crippen LogP contribution >= 0.6 is 0 Å². The van der Waals surface area contributed by atoms with Gasteiger partial charge in [0.05, 0.1) is 7.11 Å². The Morgan fingerprint density at radius 1 is 1.14 bits per heavy atom. The fourth-order valence-electron chi connectivity index (χ4n) is 2.39. The van der Waals surface area contributed by atoms with Crippen LogP contribution in [0.4, 0.5) is 5.69 Å². The van der Waals surface area contributed by atoms with Gasteiger partial charge in [-0.1, -0.05) is 12.1 Å². The van der Waals surface area contributed by atoms with E-state index in [2.05, 4.69) is 30.4 Å². The van der Waals surface area contributed by atoms with Crippen LogP contribution in [0.3, 0.4) is 0 Å². The smallest absolute Gasteiger partial charge is 0.203 e. The van der Waals surface area contributed by atoms with Crippen molar-refractivity contribution in [1.29, 1.82) is 0 Å². The highest BCUT2D eigenvalue weighted by molar-refractivity contribution is 5.55. The van der Waals surface area contributed by atoms with E-state index in [-0.39, 0.29) is 0 Å². The van der Waals surface area contributed by atoms with Gasteiger partial charge in [-0.15, -0.1) is 0 Å². The third-order valence-electron chi connectivity index (χ3n) is 3.40. The first-order valence-corrected chi connectivity index (χ1v) is 7.03. The summed E-state index contributed by atoms with van der Waals surface area (Å²) >= 11 is 0. The van der Waals surface area contributed by atoms with Gasteiger partial charge in [0.25, 0.3) is 0 Å². The maximum atomic E-state index is 5.64. The summed E-state index contributed by atoms with van der Waals surface area (Å²) in [5, 5.41) is 3.41. The molecule has 4 nitrogen and oxygen atoms in total. The largest absolute Gasteiger partial charge is 0.493 e. The second kappa shape index (κ2) is 5.95. The zero-order valence-corrected chi connectivity index (χ0v) is 12.3. The number of hydrogen-bond acceptors (Lipinski definition) is 4. The molecule has 0 amide bonds. The van der Waals surface area contributed by atoms with Gasteiger partial charge < -0.3 is 19.5 Å².